The van der Waals surface area contributed by atoms with Crippen LogP contribution in [0.4, 0.5) is 5.69 Å². The Hall–Kier alpha value is -0.540. The van der Waals surface area contributed by atoms with Gasteiger partial charge in [-0.15, -0.1) is 0 Å². The first kappa shape index (κ1) is 13.9. The van der Waals surface area contributed by atoms with Gasteiger partial charge in [0.15, 0.2) is 0 Å². The van der Waals surface area contributed by atoms with Crippen molar-refractivity contribution in [1.29, 1.82) is 0 Å². The van der Waals surface area contributed by atoms with Crippen LogP contribution in [0.3, 0.4) is 0 Å². The maximum Gasteiger partial charge on any atom is 0.0486 e. The summed E-state index contributed by atoms with van der Waals surface area (Å²) in [5.74, 6) is 0. The smallest absolute Gasteiger partial charge is 0.0486 e. The molecular weight excluding hydrogens is 288 g/mol. The number of nitrogens with zero attached hydrogens (tertiary/aromatic N) is 1. The van der Waals surface area contributed by atoms with E-state index in [9.17, 15) is 0 Å². The van der Waals surface area contributed by atoms with Crippen LogP contribution in [0.1, 0.15) is 33.1 Å². The Balaban J connectivity index is 1.93. The van der Waals surface area contributed by atoms with Crippen molar-refractivity contribution in [2.45, 2.75) is 45.2 Å². The zero-order valence-electron chi connectivity index (χ0n) is 11.3. The van der Waals surface area contributed by atoms with Gasteiger partial charge in [-0.1, -0.05) is 12.1 Å². The minimum absolute atomic E-state index is 0.604. The standard InChI is InChI=1S/C15H23BrN2/c1-12(2)18-10-5-6-13(9-11-18)17-15-8-4-3-7-14(15)16/h3-4,7-8,12-13,17H,5-6,9-11H2,1-2H3. The number of anilines is 1. The third-order valence-electron chi connectivity index (χ3n) is 3.73. The van der Waals surface area contributed by atoms with E-state index in [2.05, 4.69) is 64.3 Å². The van der Waals surface area contributed by atoms with Crippen LogP contribution in [0.15, 0.2) is 28.7 Å². The van der Waals surface area contributed by atoms with Crippen LogP contribution in [0.25, 0.3) is 0 Å². The molecule has 1 unspecified atom stereocenters. The van der Waals surface area contributed by atoms with Gasteiger partial charge >= 0.3 is 0 Å². The highest BCUT2D eigenvalue weighted by atomic mass is 79.9. The van der Waals surface area contributed by atoms with Crippen LogP contribution in [-0.4, -0.2) is 30.1 Å². The highest BCUT2D eigenvalue weighted by Gasteiger charge is 2.18. The molecule has 1 atom stereocenters. The molecule has 1 saturated heterocycles. The fourth-order valence-electron chi connectivity index (χ4n) is 2.58. The minimum atomic E-state index is 0.604. The van der Waals surface area contributed by atoms with Gasteiger partial charge in [0.05, 0.1) is 0 Å². The molecule has 1 fully saturated rings. The molecule has 18 heavy (non-hydrogen) atoms. The summed E-state index contributed by atoms with van der Waals surface area (Å²) in [6, 6.07) is 9.67. The summed E-state index contributed by atoms with van der Waals surface area (Å²) in [6.07, 6.45) is 3.80. The van der Waals surface area contributed by atoms with Gasteiger partial charge < -0.3 is 10.2 Å². The molecule has 2 nitrogen and oxygen atoms in total. The van der Waals surface area contributed by atoms with Crippen molar-refractivity contribution in [1.82, 2.24) is 4.90 Å². The number of halogens is 1. The lowest BCUT2D eigenvalue weighted by atomic mass is 10.1. The van der Waals surface area contributed by atoms with Gasteiger partial charge in [0, 0.05) is 28.8 Å². The average Bonchev–Trinajstić information content (AvgIpc) is 2.58. The van der Waals surface area contributed by atoms with Crippen LogP contribution >= 0.6 is 15.9 Å². The SMILES string of the molecule is CC(C)N1CCCC(Nc2ccccc2Br)CC1. The molecule has 0 bridgehead atoms. The zero-order valence-corrected chi connectivity index (χ0v) is 12.9. The Morgan fingerprint density at radius 2 is 2.00 bits per heavy atom. The highest BCUT2D eigenvalue weighted by molar-refractivity contribution is 9.10. The summed E-state index contributed by atoms with van der Waals surface area (Å²) in [4.78, 5) is 2.59. The third-order valence-corrected chi connectivity index (χ3v) is 4.42. The van der Waals surface area contributed by atoms with Crippen LogP contribution in [0, 0.1) is 0 Å². The molecule has 0 aromatic heterocycles. The molecule has 3 heteroatoms. The fraction of sp³-hybridized carbons (Fsp3) is 0.600. The monoisotopic (exact) mass is 310 g/mol. The maximum absolute atomic E-state index is 3.68. The molecule has 2 rings (SSSR count). The molecule has 0 aliphatic carbocycles. The molecular formula is C15H23BrN2. The highest BCUT2D eigenvalue weighted by Crippen LogP contribution is 2.24. The molecule has 0 radical (unpaired) electrons. The van der Waals surface area contributed by atoms with Crippen LogP contribution in [-0.2, 0) is 0 Å². The van der Waals surface area contributed by atoms with E-state index < -0.39 is 0 Å². The molecule has 1 aromatic carbocycles. The Labute approximate surface area is 119 Å². The summed E-state index contributed by atoms with van der Waals surface area (Å²) in [5.41, 5.74) is 1.22. The van der Waals surface area contributed by atoms with Gasteiger partial charge in [-0.05, 0) is 67.7 Å². The van der Waals surface area contributed by atoms with Crippen molar-refractivity contribution in [3.63, 3.8) is 0 Å². The van der Waals surface area contributed by atoms with E-state index in [1.807, 2.05) is 0 Å². The topological polar surface area (TPSA) is 15.3 Å². The normalized spacial score (nSPS) is 21.9. The number of hydrogen-bond acceptors (Lipinski definition) is 2. The number of para-hydroxylation sites is 1. The molecule has 0 saturated carbocycles. The van der Waals surface area contributed by atoms with Crippen LogP contribution < -0.4 is 5.32 Å². The lowest BCUT2D eigenvalue weighted by Gasteiger charge is -2.24. The van der Waals surface area contributed by atoms with E-state index in [0.29, 0.717) is 12.1 Å². The van der Waals surface area contributed by atoms with Crippen molar-refractivity contribution in [2.75, 3.05) is 18.4 Å². The van der Waals surface area contributed by atoms with E-state index in [0.717, 1.165) is 4.47 Å². The lowest BCUT2D eigenvalue weighted by Crippen LogP contribution is -2.32. The quantitative estimate of drug-likeness (QED) is 0.903. The van der Waals surface area contributed by atoms with Gasteiger partial charge in [0.1, 0.15) is 0 Å². The number of hydrogen-bond donors (Lipinski definition) is 1. The zero-order chi connectivity index (χ0) is 13.0. The predicted octanol–water partition coefficient (Wildman–Crippen LogP) is 4.12. The molecule has 1 heterocycles. The number of rotatable bonds is 3. The molecule has 0 amide bonds. The molecule has 1 aliphatic heterocycles. The predicted molar refractivity (Wildman–Crippen MR) is 82.1 cm³/mol. The largest absolute Gasteiger partial charge is 0.381 e. The van der Waals surface area contributed by atoms with Crippen molar-refractivity contribution in [3.05, 3.63) is 28.7 Å². The van der Waals surface area contributed by atoms with E-state index in [1.54, 1.807) is 0 Å². The second-order valence-corrected chi connectivity index (χ2v) is 6.24. The van der Waals surface area contributed by atoms with E-state index in [1.165, 1.54) is 38.0 Å². The first-order chi connectivity index (χ1) is 8.66. The molecule has 1 aliphatic rings. The van der Waals surface area contributed by atoms with Gasteiger partial charge in [0.2, 0.25) is 0 Å². The Bertz CT molecular complexity index is 379. The first-order valence-corrected chi connectivity index (χ1v) is 7.71. The van der Waals surface area contributed by atoms with Gasteiger partial charge in [-0.25, -0.2) is 0 Å². The summed E-state index contributed by atoms with van der Waals surface area (Å²) in [7, 11) is 0. The Kier molecular flexibility index (Phi) is 5.07. The fourth-order valence-corrected chi connectivity index (χ4v) is 2.98. The summed E-state index contributed by atoms with van der Waals surface area (Å²) in [6.45, 7) is 7.04. The van der Waals surface area contributed by atoms with E-state index in [-0.39, 0.29) is 0 Å². The van der Waals surface area contributed by atoms with Crippen molar-refractivity contribution in [2.24, 2.45) is 0 Å². The Morgan fingerprint density at radius 1 is 1.22 bits per heavy atom. The second kappa shape index (κ2) is 6.58. The van der Waals surface area contributed by atoms with Crippen molar-refractivity contribution >= 4 is 21.6 Å². The van der Waals surface area contributed by atoms with Gasteiger partial charge in [-0.2, -0.15) is 0 Å². The van der Waals surface area contributed by atoms with Crippen LogP contribution in [0.2, 0.25) is 0 Å². The van der Waals surface area contributed by atoms with Gasteiger partial charge in [-0.3, -0.25) is 0 Å². The third kappa shape index (κ3) is 3.72. The molecule has 0 spiro atoms. The van der Waals surface area contributed by atoms with Crippen molar-refractivity contribution in [3.8, 4) is 0 Å². The second-order valence-electron chi connectivity index (χ2n) is 5.38. The minimum Gasteiger partial charge on any atom is -0.381 e. The number of benzene rings is 1. The molecule has 1 N–H and O–H groups in total. The van der Waals surface area contributed by atoms with Crippen molar-refractivity contribution < 1.29 is 0 Å². The first-order valence-electron chi connectivity index (χ1n) is 6.92. The summed E-state index contributed by atoms with van der Waals surface area (Å²) in [5, 5.41) is 3.68. The average molecular weight is 311 g/mol. The van der Waals surface area contributed by atoms with Gasteiger partial charge in [0.25, 0.3) is 0 Å². The summed E-state index contributed by atoms with van der Waals surface area (Å²) < 4.78 is 1.16. The summed E-state index contributed by atoms with van der Waals surface area (Å²) >= 11 is 3.60. The van der Waals surface area contributed by atoms with E-state index in [4.69, 9.17) is 0 Å². The maximum atomic E-state index is 3.68. The Morgan fingerprint density at radius 3 is 2.72 bits per heavy atom. The van der Waals surface area contributed by atoms with E-state index >= 15 is 0 Å². The number of nitrogens with one attached hydrogen (secondary N) is 1. The molecule has 1 aromatic rings. The lowest BCUT2D eigenvalue weighted by molar-refractivity contribution is 0.230. The molecule has 100 valence electrons. The van der Waals surface area contributed by atoms with Crippen LogP contribution in [0.5, 0.6) is 0 Å². The number of likely N-dealkylation sites (tertiary alicyclic amines) is 1.